The third kappa shape index (κ3) is 3.53. The predicted molar refractivity (Wildman–Crippen MR) is 111 cm³/mol. The molecule has 0 radical (unpaired) electrons. The number of carbonyl (C=O) groups excluding carboxylic acids is 1. The number of hydrogen-bond acceptors (Lipinski definition) is 3. The number of piperidine rings is 1. The van der Waals surface area contributed by atoms with Gasteiger partial charge < -0.3 is 5.32 Å². The molecule has 144 valence electrons. The van der Waals surface area contributed by atoms with Crippen LogP contribution in [-0.2, 0) is 14.8 Å². The lowest BCUT2D eigenvalue weighted by molar-refractivity contribution is -0.120. The Morgan fingerprint density at radius 1 is 0.893 bits per heavy atom. The zero-order valence-corrected chi connectivity index (χ0v) is 16.2. The maximum absolute atomic E-state index is 13.1. The fourth-order valence-corrected chi connectivity index (χ4v) is 5.41. The molecule has 0 aromatic heterocycles. The summed E-state index contributed by atoms with van der Waals surface area (Å²) in [5, 5.41) is 4.93. The third-order valence-electron chi connectivity index (χ3n) is 5.15. The van der Waals surface area contributed by atoms with Gasteiger partial charge >= 0.3 is 0 Å². The van der Waals surface area contributed by atoms with Gasteiger partial charge in [0.05, 0.1) is 4.90 Å². The first-order chi connectivity index (χ1) is 13.6. The van der Waals surface area contributed by atoms with Gasteiger partial charge in [-0.05, 0) is 36.4 Å². The van der Waals surface area contributed by atoms with E-state index in [-0.39, 0.29) is 10.8 Å². The van der Waals surface area contributed by atoms with Crippen LogP contribution in [0.15, 0.2) is 77.7 Å². The second kappa shape index (κ2) is 7.73. The van der Waals surface area contributed by atoms with Gasteiger partial charge in [-0.3, -0.25) is 4.79 Å². The number of nitrogens with zero attached hydrogens (tertiary/aromatic N) is 1. The lowest BCUT2D eigenvalue weighted by Gasteiger charge is -2.33. The maximum Gasteiger partial charge on any atom is 0.243 e. The Bertz CT molecular complexity index is 1090. The summed E-state index contributed by atoms with van der Waals surface area (Å²) < 4.78 is 27.6. The molecule has 4 rings (SSSR count). The van der Waals surface area contributed by atoms with Gasteiger partial charge in [-0.1, -0.05) is 61.0 Å². The lowest BCUT2D eigenvalue weighted by Crippen LogP contribution is -2.49. The van der Waals surface area contributed by atoms with E-state index in [1.165, 1.54) is 4.31 Å². The van der Waals surface area contributed by atoms with E-state index in [0.29, 0.717) is 18.7 Å². The first-order valence-corrected chi connectivity index (χ1v) is 10.9. The van der Waals surface area contributed by atoms with Crippen LogP contribution in [0.25, 0.3) is 10.8 Å². The van der Waals surface area contributed by atoms with Crippen molar-refractivity contribution < 1.29 is 13.2 Å². The SMILES string of the molecule is O=C(Nc1cccc2ccccc12)[C@H]1CCCCN1S(=O)(=O)c1ccccc1. The highest BCUT2D eigenvalue weighted by Gasteiger charge is 2.37. The Kier molecular flexibility index (Phi) is 5.15. The summed E-state index contributed by atoms with van der Waals surface area (Å²) in [6, 6.07) is 21.1. The quantitative estimate of drug-likeness (QED) is 0.727. The highest BCUT2D eigenvalue weighted by molar-refractivity contribution is 7.89. The summed E-state index contributed by atoms with van der Waals surface area (Å²) in [4.78, 5) is 13.3. The summed E-state index contributed by atoms with van der Waals surface area (Å²) in [6.07, 6.45) is 2.10. The normalized spacial score (nSPS) is 18.1. The van der Waals surface area contributed by atoms with Crippen molar-refractivity contribution in [2.45, 2.75) is 30.2 Å². The molecule has 1 N–H and O–H groups in total. The number of benzene rings is 3. The van der Waals surface area contributed by atoms with Gasteiger partial charge in [0.2, 0.25) is 15.9 Å². The molecule has 1 saturated heterocycles. The zero-order chi connectivity index (χ0) is 19.6. The highest BCUT2D eigenvalue weighted by atomic mass is 32.2. The maximum atomic E-state index is 13.1. The van der Waals surface area contributed by atoms with Crippen LogP contribution in [0.3, 0.4) is 0 Å². The molecule has 28 heavy (non-hydrogen) atoms. The van der Waals surface area contributed by atoms with Gasteiger partial charge in [0, 0.05) is 17.6 Å². The van der Waals surface area contributed by atoms with E-state index in [2.05, 4.69) is 5.32 Å². The molecule has 1 amide bonds. The Hall–Kier alpha value is -2.70. The molecule has 0 unspecified atom stereocenters. The fraction of sp³-hybridized carbons (Fsp3) is 0.227. The topological polar surface area (TPSA) is 66.5 Å². The molecule has 0 bridgehead atoms. The van der Waals surface area contributed by atoms with Crippen molar-refractivity contribution in [3.8, 4) is 0 Å². The van der Waals surface area contributed by atoms with Crippen LogP contribution in [-0.4, -0.2) is 31.2 Å². The van der Waals surface area contributed by atoms with E-state index in [9.17, 15) is 13.2 Å². The monoisotopic (exact) mass is 394 g/mol. The zero-order valence-electron chi connectivity index (χ0n) is 15.4. The molecule has 5 nitrogen and oxygen atoms in total. The fourth-order valence-electron chi connectivity index (χ4n) is 3.73. The second-order valence-corrected chi connectivity index (χ2v) is 8.85. The van der Waals surface area contributed by atoms with Crippen molar-refractivity contribution in [1.82, 2.24) is 4.31 Å². The van der Waals surface area contributed by atoms with Crippen LogP contribution in [0.1, 0.15) is 19.3 Å². The number of carbonyl (C=O) groups is 1. The number of amides is 1. The van der Waals surface area contributed by atoms with Gasteiger partial charge in [-0.2, -0.15) is 4.31 Å². The van der Waals surface area contributed by atoms with Crippen molar-refractivity contribution >= 4 is 32.4 Å². The molecule has 1 heterocycles. The van der Waals surface area contributed by atoms with E-state index in [4.69, 9.17) is 0 Å². The van der Waals surface area contributed by atoms with Crippen LogP contribution in [0.2, 0.25) is 0 Å². The van der Waals surface area contributed by atoms with Gasteiger partial charge in [0.15, 0.2) is 0 Å². The molecule has 0 aliphatic carbocycles. The van der Waals surface area contributed by atoms with Crippen molar-refractivity contribution in [3.05, 3.63) is 72.8 Å². The summed E-state index contributed by atoms with van der Waals surface area (Å²) in [5.41, 5.74) is 0.700. The number of sulfonamides is 1. The van der Waals surface area contributed by atoms with E-state index in [0.717, 1.165) is 23.6 Å². The largest absolute Gasteiger partial charge is 0.324 e. The molecule has 0 saturated carbocycles. The number of hydrogen-bond donors (Lipinski definition) is 1. The van der Waals surface area contributed by atoms with Crippen molar-refractivity contribution in [2.24, 2.45) is 0 Å². The Morgan fingerprint density at radius 2 is 1.61 bits per heavy atom. The van der Waals surface area contributed by atoms with Crippen LogP contribution in [0, 0.1) is 0 Å². The Morgan fingerprint density at radius 3 is 2.43 bits per heavy atom. The number of anilines is 1. The molecular formula is C22H22N2O3S. The molecule has 1 fully saturated rings. The van der Waals surface area contributed by atoms with E-state index >= 15 is 0 Å². The molecule has 6 heteroatoms. The molecule has 1 aliphatic rings. The molecule has 3 aromatic carbocycles. The summed E-state index contributed by atoms with van der Waals surface area (Å²) >= 11 is 0. The summed E-state index contributed by atoms with van der Waals surface area (Å²) in [6.45, 7) is 0.352. The van der Waals surface area contributed by atoms with Crippen molar-refractivity contribution in [1.29, 1.82) is 0 Å². The average Bonchev–Trinajstić information content (AvgIpc) is 2.74. The molecule has 1 atom stereocenters. The molecular weight excluding hydrogens is 372 g/mol. The minimum absolute atomic E-state index is 0.222. The minimum Gasteiger partial charge on any atom is -0.324 e. The van der Waals surface area contributed by atoms with Crippen molar-refractivity contribution in [2.75, 3.05) is 11.9 Å². The highest BCUT2D eigenvalue weighted by Crippen LogP contribution is 2.28. The molecule has 3 aromatic rings. The minimum atomic E-state index is -3.72. The third-order valence-corrected chi connectivity index (χ3v) is 7.08. The Labute approximate surface area is 165 Å². The van der Waals surface area contributed by atoms with Crippen LogP contribution >= 0.6 is 0 Å². The second-order valence-electron chi connectivity index (χ2n) is 6.96. The van der Waals surface area contributed by atoms with Crippen LogP contribution < -0.4 is 5.32 Å². The Balaban J connectivity index is 1.63. The smallest absolute Gasteiger partial charge is 0.243 e. The van der Waals surface area contributed by atoms with Crippen molar-refractivity contribution in [3.63, 3.8) is 0 Å². The average molecular weight is 394 g/mol. The number of nitrogens with one attached hydrogen (secondary N) is 1. The first kappa shape index (κ1) is 18.7. The van der Waals surface area contributed by atoms with E-state index < -0.39 is 16.1 Å². The van der Waals surface area contributed by atoms with Crippen LogP contribution in [0.4, 0.5) is 5.69 Å². The van der Waals surface area contributed by atoms with E-state index in [1.807, 2.05) is 42.5 Å². The molecule has 1 aliphatic heterocycles. The summed E-state index contributed by atoms with van der Waals surface area (Å²) in [7, 11) is -3.72. The van der Waals surface area contributed by atoms with Gasteiger partial charge in [-0.15, -0.1) is 0 Å². The standard InChI is InChI=1S/C22H22N2O3S/c25-22(23-20-14-8-10-17-9-4-5-13-19(17)20)21-15-6-7-16-24(21)28(26,27)18-11-2-1-3-12-18/h1-5,8-14,21H,6-7,15-16H2,(H,23,25)/t21-/m1/s1. The summed E-state index contributed by atoms with van der Waals surface area (Å²) in [5.74, 6) is -0.282. The predicted octanol–water partition coefficient (Wildman–Crippen LogP) is 4.02. The molecule has 0 spiro atoms. The van der Waals surface area contributed by atoms with Crippen LogP contribution in [0.5, 0.6) is 0 Å². The first-order valence-electron chi connectivity index (χ1n) is 9.43. The number of rotatable bonds is 4. The van der Waals surface area contributed by atoms with E-state index in [1.54, 1.807) is 30.3 Å². The van der Waals surface area contributed by atoms with Gasteiger partial charge in [0.1, 0.15) is 6.04 Å². The van der Waals surface area contributed by atoms with Gasteiger partial charge in [-0.25, -0.2) is 8.42 Å². The van der Waals surface area contributed by atoms with Gasteiger partial charge in [0.25, 0.3) is 0 Å². The number of fused-ring (bicyclic) bond motifs is 1. The lowest BCUT2D eigenvalue weighted by atomic mass is 10.0.